The highest BCUT2D eigenvalue weighted by atomic mass is 32.2. The lowest BCUT2D eigenvalue weighted by Crippen LogP contribution is -2.32. The number of rotatable bonds is 5. The Hall–Kier alpha value is -1.12. The number of nitrogen functional groups attached to an aromatic ring is 1. The quantitative estimate of drug-likeness (QED) is 0.702. The van der Waals surface area contributed by atoms with Crippen LogP contribution >= 0.6 is 0 Å². The summed E-state index contributed by atoms with van der Waals surface area (Å²) in [7, 11) is -3.66. The van der Waals surface area contributed by atoms with Gasteiger partial charge in [-0.2, -0.15) is 5.10 Å². The minimum absolute atomic E-state index is 0.00122. The molecule has 8 heteroatoms. The van der Waals surface area contributed by atoms with Crippen molar-refractivity contribution in [3.63, 3.8) is 0 Å². The smallest absolute Gasteiger partial charge is 0.245 e. The van der Waals surface area contributed by atoms with E-state index in [0.29, 0.717) is 6.54 Å². The number of hydrogen-bond acceptors (Lipinski definition) is 5. The van der Waals surface area contributed by atoms with Gasteiger partial charge in [0.2, 0.25) is 10.0 Å². The molecule has 1 saturated carbocycles. The third-order valence-corrected chi connectivity index (χ3v) is 4.96. The number of hydrogen-bond donors (Lipinski definition) is 3. The van der Waals surface area contributed by atoms with Crippen LogP contribution in [0.1, 0.15) is 26.2 Å². The van der Waals surface area contributed by atoms with Crippen LogP contribution in [0, 0.1) is 5.92 Å². The van der Waals surface area contributed by atoms with E-state index in [0.717, 1.165) is 19.3 Å². The summed E-state index contributed by atoms with van der Waals surface area (Å²) >= 11 is 0. The fourth-order valence-electron chi connectivity index (χ4n) is 2.34. The lowest BCUT2D eigenvalue weighted by molar-refractivity contribution is 0.134. The molecular formula is C11H20N4O3S. The fraction of sp³-hybridized carbons (Fsp3) is 0.727. The van der Waals surface area contributed by atoms with E-state index >= 15 is 0 Å². The Labute approximate surface area is 112 Å². The van der Waals surface area contributed by atoms with Gasteiger partial charge < -0.3 is 10.8 Å². The van der Waals surface area contributed by atoms with E-state index in [1.165, 1.54) is 10.9 Å². The Kier molecular flexibility index (Phi) is 4.12. The molecule has 0 saturated heterocycles. The molecule has 0 aliphatic heterocycles. The number of aliphatic hydroxyl groups is 1. The zero-order valence-electron chi connectivity index (χ0n) is 10.9. The summed E-state index contributed by atoms with van der Waals surface area (Å²) in [5.74, 6) is -0.0152. The average molecular weight is 288 g/mol. The summed E-state index contributed by atoms with van der Waals surface area (Å²) < 4.78 is 28.2. The lowest BCUT2D eigenvalue weighted by Gasteiger charge is -2.14. The van der Waals surface area contributed by atoms with Crippen molar-refractivity contribution >= 4 is 15.8 Å². The Bertz CT molecular complexity index is 540. The summed E-state index contributed by atoms with van der Waals surface area (Å²) in [6, 6.07) is 0. The number of aliphatic hydroxyl groups excluding tert-OH is 1. The molecular weight excluding hydrogens is 268 g/mol. The van der Waals surface area contributed by atoms with E-state index in [1.807, 2.05) is 6.92 Å². The fourth-order valence-corrected chi connectivity index (χ4v) is 3.50. The van der Waals surface area contributed by atoms with E-state index < -0.39 is 16.1 Å². The molecule has 1 aliphatic carbocycles. The van der Waals surface area contributed by atoms with Crippen molar-refractivity contribution in [2.24, 2.45) is 5.92 Å². The number of anilines is 1. The Morgan fingerprint density at radius 3 is 2.84 bits per heavy atom. The minimum Gasteiger partial charge on any atom is -0.393 e. The molecule has 2 rings (SSSR count). The van der Waals surface area contributed by atoms with E-state index in [2.05, 4.69) is 9.82 Å². The molecule has 0 bridgehead atoms. The first-order valence-corrected chi connectivity index (χ1v) is 7.93. The molecule has 0 spiro atoms. The van der Waals surface area contributed by atoms with E-state index in [1.54, 1.807) is 0 Å². The van der Waals surface area contributed by atoms with Crippen LogP contribution < -0.4 is 10.5 Å². The molecule has 0 radical (unpaired) electrons. The largest absolute Gasteiger partial charge is 0.393 e. The molecule has 1 heterocycles. The highest BCUT2D eigenvalue weighted by Gasteiger charge is 2.28. The van der Waals surface area contributed by atoms with Crippen molar-refractivity contribution in [2.75, 3.05) is 12.3 Å². The van der Waals surface area contributed by atoms with Crippen molar-refractivity contribution in [3.05, 3.63) is 6.20 Å². The Morgan fingerprint density at radius 1 is 1.58 bits per heavy atom. The average Bonchev–Trinajstić information content (AvgIpc) is 2.93. The topological polar surface area (TPSA) is 110 Å². The van der Waals surface area contributed by atoms with Crippen molar-refractivity contribution in [1.29, 1.82) is 0 Å². The lowest BCUT2D eigenvalue weighted by atomic mass is 10.1. The van der Waals surface area contributed by atoms with Crippen LogP contribution in [-0.4, -0.2) is 36.0 Å². The second-order valence-electron chi connectivity index (χ2n) is 4.84. The van der Waals surface area contributed by atoms with Crippen molar-refractivity contribution in [1.82, 2.24) is 14.5 Å². The number of sulfonamides is 1. The number of nitrogens with zero attached hydrogens (tertiary/aromatic N) is 2. The summed E-state index contributed by atoms with van der Waals surface area (Å²) in [4.78, 5) is 0.00170. The van der Waals surface area contributed by atoms with Gasteiger partial charge in [-0.25, -0.2) is 13.1 Å². The van der Waals surface area contributed by atoms with Crippen molar-refractivity contribution in [3.8, 4) is 0 Å². The first kappa shape index (κ1) is 14.3. The highest BCUT2D eigenvalue weighted by molar-refractivity contribution is 7.89. The van der Waals surface area contributed by atoms with Gasteiger partial charge in [-0.3, -0.25) is 4.68 Å². The second-order valence-corrected chi connectivity index (χ2v) is 6.58. The molecule has 1 aromatic heterocycles. The first-order valence-electron chi connectivity index (χ1n) is 6.44. The van der Waals surface area contributed by atoms with Gasteiger partial charge >= 0.3 is 0 Å². The molecule has 0 aromatic carbocycles. The molecule has 1 aromatic rings. The number of aromatic nitrogens is 2. The summed E-state index contributed by atoms with van der Waals surface area (Å²) in [5, 5.41) is 13.6. The number of nitrogens with one attached hydrogen (secondary N) is 1. The molecule has 4 N–H and O–H groups in total. The van der Waals surface area contributed by atoms with Crippen LogP contribution in [0.2, 0.25) is 0 Å². The molecule has 2 unspecified atom stereocenters. The normalized spacial score (nSPS) is 23.9. The van der Waals surface area contributed by atoms with Crippen molar-refractivity contribution < 1.29 is 13.5 Å². The standard InChI is InChI=1S/C11H20N4O3S/c1-2-15-7-10(11(12)14-15)19(17,18)13-6-8-4-3-5-9(8)16/h7-9,13,16H,2-6H2,1H3,(H2,12,14). The van der Waals surface area contributed by atoms with E-state index in [4.69, 9.17) is 5.73 Å². The molecule has 1 fully saturated rings. The summed E-state index contributed by atoms with van der Waals surface area (Å²) in [6.07, 6.45) is 3.51. The van der Waals surface area contributed by atoms with Gasteiger partial charge in [0.15, 0.2) is 5.82 Å². The zero-order chi connectivity index (χ0) is 14.0. The SMILES string of the molecule is CCn1cc(S(=O)(=O)NCC2CCCC2O)c(N)n1. The summed E-state index contributed by atoms with van der Waals surface area (Å²) in [6.45, 7) is 2.65. The predicted octanol–water partition coefficient (Wildman–Crippen LogP) is -0.0755. The van der Waals surface area contributed by atoms with Gasteiger partial charge in [0.05, 0.1) is 6.10 Å². The van der Waals surface area contributed by atoms with E-state index in [-0.39, 0.29) is 23.2 Å². The van der Waals surface area contributed by atoms with Gasteiger partial charge in [0.25, 0.3) is 0 Å². The van der Waals surface area contributed by atoms with Gasteiger partial charge in [0.1, 0.15) is 4.90 Å². The van der Waals surface area contributed by atoms with Gasteiger partial charge in [-0.15, -0.1) is 0 Å². The maximum absolute atomic E-state index is 12.1. The third kappa shape index (κ3) is 3.07. The van der Waals surface area contributed by atoms with Gasteiger partial charge in [-0.05, 0) is 25.7 Å². The van der Waals surface area contributed by atoms with Gasteiger partial charge in [-0.1, -0.05) is 6.42 Å². The van der Waals surface area contributed by atoms with Crippen LogP contribution in [0.15, 0.2) is 11.1 Å². The molecule has 0 amide bonds. The monoisotopic (exact) mass is 288 g/mol. The highest BCUT2D eigenvalue weighted by Crippen LogP contribution is 2.25. The Balaban J connectivity index is 2.07. The molecule has 7 nitrogen and oxygen atoms in total. The predicted molar refractivity (Wildman–Crippen MR) is 70.8 cm³/mol. The zero-order valence-corrected chi connectivity index (χ0v) is 11.7. The number of nitrogens with two attached hydrogens (primary N) is 1. The molecule has 108 valence electrons. The van der Waals surface area contributed by atoms with Crippen molar-refractivity contribution in [2.45, 2.75) is 43.7 Å². The maximum atomic E-state index is 12.1. The second kappa shape index (κ2) is 5.48. The molecule has 1 aliphatic rings. The Morgan fingerprint density at radius 2 is 2.32 bits per heavy atom. The maximum Gasteiger partial charge on any atom is 0.245 e. The van der Waals surface area contributed by atoms with Crippen LogP contribution in [0.3, 0.4) is 0 Å². The van der Waals surface area contributed by atoms with Crippen LogP contribution in [0.5, 0.6) is 0 Å². The minimum atomic E-state index is -3.66. The third-order valence-electron chi connectivity index (χ3n) is 3.52. The van der Waals surface area contributed by atoms with Crippen LogP contribution in [0.4, 0.5) is 5.82 Å². The number of aryl methyl sites for hydroxylation is 1. The van der Waals surface area contributed by atoms with Gasteiger partial charge in [0, 0.05) is 19.3 Å². The molecule has 2 atom stereocenters. The molecule has 19 heavy (non-hydrogen) atoms. The van der Waals surface area contributed by atoms with E-state index in [9.17, 15) is 13.5 Å². The van der Waals surface area contributed by atoms with Crippen LogP contribution in [-0.2, 0) is 16.6 Å². The summed E-state index contributed by atoms with van der Waals surface area (Å²) in [5.41, 5.74) is 5.61. The first-order chi connectivity index (χ1) is 8.94. The van der Waals surface area contributed by atoms with Crippen LogP contribution in [0.25, 0.3) is 0 Å².